The van der Waals surface area contributed by atoms with Crippen LogP contribution in [-0.2, 0) is 32.3 Å². The topological polar surface area (TPSA) is 172 Å². The summed E-state index contributed by atoms with van der Waals surface area (Å²) in [7, 11) is -4.26. The molecule has 5 N–H and O–H groups in total. The van der Waals surface area contributed by atoms with E-state index in [0.29, 0.717) is 47.8 Å². The first kappa shape index (κ1) is 35.3. The maximum Gasteiger partial charge on any atom is 0.322 e. The van der Waals surface area contributed by atoms with Gasteiger partial charge in [0.1, 0.15) is 5.75 Å². The molecule has 12 heteroatoms. The molecule has 2 atom stereocenters. The summed E-state index contributed by atoms with van der Waals surface area (Å²) in [6, 6.07) is 16.7. The first-order chi connectivity index (χ1) is 23.2. The summed E-state index contributed by atoms with van der Waals surface area (Å²) in [5.74, 6) is -3.65. The van der Waals surface area contributed by atoms with Crippen LogP contribution < -0.4 is 10.5 Å². The molecule has 1 aliphatic rings. The number of aromatic nitrogens is 1. The summed E-state index contributed by atoms with van der Waals surface area (Å²) in [4.78, 5) is 31.5. The lowest BCUT2D eigenvalue weighted by atomic mass is 9.87. The molecule has 0 fully saturated rings. The number of fused-ring (bicyclic) bond motifs is 5. The number of carboxylic acid groups (broad SMARTS) is 2. The van der Waals surface area contributed by atoms with E-state index in [1.165, 1.54) is 6.07 Å². The van der Waals surface area contributed by atoms with Crippen molar-refractivity contribution in [3.05, 3.63) is 101 Å². The summed E-state index contributed by atoms with van der Waals surface area (Å²) in [5.41, 5.74) is 8.79. The third-order valence-corrected chi connectivity index (χ3v) is 11.2. The van der Waals surface area contributed by atoms with Crippen LogP contribution >= 0.6 is 0 Å². The zero-order chi connectivity index (χ0) is 35.3. The van der Waals surface area contributed by atoms with Gasteiger partial charge in [0.15, 0.2) is 26.7 Å². The predicted octanol–water partition coefficient (Wildman–Crippen LogP) is 6.85. The molecule has 258 valence electrons. The highest BCUT2D eigenvalue weighted by molar-refractivity contribution is 7.92. The van der Waals surface area contributed by atoms with Gasteiger partial charge in [-0.25, -0.2) is 12.8 Å². The van der Waals surface area contributed by atoms with Crippen LogP contribution in [0.15, 0.2) is 77.9 Å². The normalized spacial score (nSPS) is 19.8. The fourth-order valence-corrected chi connectivity index (χ4v) is 8.46. The molecule has 1 aliphatic heterocycles. The number of aryl methyl sites for hydroxylation is 1. The smallest absolute Gasteiger partial charge is 0.322 e. The van der Waals surface area contributed by atoms with Crippen molar-refractivity contribution in [2.75, 3.05) is 5.75 Å². The van der Waals surface area contributed by atoms with Gasteiger partial charge in [0.25, 0.3) is 0 Å². The maximum atomic E-state index is 15.7. The van der Waals surface area contributed by atoms with Gasteiger partial charge in [0, 0.05) is 59.0 Å². The minimum absolute atomic E-state index is 0.00672. The molecule has 0 saturated carbocycles. The molecule has 10 nitrogen and oxygen atoms in total. The van der Waals surface area contributed by atoms with Crippen LogP contribution in [0.2, 0.25) is 0 Å². The summed E-state index contributed by atoms with van der Waals surface area (Å²) < 4.78 is 49.4. The maximum absolute atomic E-state index is 15.7. The molecule has 2 unspecified atom stereocenters. The predicted molar refractivity (Wildman–Crippen MR) is 187 cm³/mol. The van der Waals surface area contributed by atoms with Crippen LogP contribution in [0.5, 0.6) is 11.5 Å². The summed E-state index contributed by atoms with van der Waals surface area (Å²) in [5, 5.41) is 18.0. The lowest BCUT2D eigenvalue weighted by molar-refractivity contribution is -0.137. The molecule has 0 spiro atoms. The first-order valence-corrected chi connectivity index (χ1v) is 17.7. The number of aromatic amines is 1. The zero-order valence-corrected chi connectivity index (χ0v) is 28.2. The second kappa shape index (κ2) is 14.7. The number of hydrogen-bond acceptors (Lipinski definition) is 7. The Balaban J connectivity index is 1.59. The van der Waals surface area contributed by atoms with E-state index in [1.54, 1.807) is 62.7 Å². The Kier molecular flexibility index (Phi) is 10.6. The third kappa shape index (κ3) is 8.74. The largest absolute Gasteiger partial charge is 0.481 e. The van der Waals surface area contributed by atoms with E-state index >= 15 is 4.39 Å². The number of nitrogens with two attached hydrogens (primary N) is 1. The number of nitrogens with one attached hydrogen (secondary N) is 1. The summed E-state index contributed by atoms with van der Waals surface area (Å²) in [6.07, 6.45) is 6.23. The molecule has 4 aromatic rings. The number of nitrogens with zero attached hydrogens (tertiary/aromatic N) is 1. The molecule has 0 amide bonds. The quantitative estimate of drug-likeness (QED) is 0.176. The van der Waals surface area contributed by atoms with Crippen molar-refractivity contribution in [1.82, 2.24) is 4.98 Å². The van der Waals surface area contributed by atoms with Gasteiger partial charge in [-0.3, -0.25) is 14.6 Å². The van der Waals surface area contributed by atoms with E-state index in [-0.39, 0.29) is 29.5 Å². The second-order valence-corrected chi connectivity index (χ2v) is 15.4. The summed E-state index contributed by atoms with van der Waals surface area (Å²) in [6.45, 7) is 3.57. The Bertz CT molecular complexity index is 2030. The van der Waals surface area contributed by atoms with Gasteiger partial charge in [0.05, 0.1) is 11.8 Å². The molecular formula is C37H40FN3O7S. The number of ether oxygens (including phenoxy) is 1. The van der Waals surface area contributed by atoms with Gasteiger partial charge in [-0.15, -0.1) is 0 Å². The number of carboxylic acids is 2. The number of aliphatic imine (C=N–C) groups is 1. The van der Waals surface area contributed by atoms with Gasteiger partial charge in [-0.05, 0) is 60.1 Å². The Hall–Kier alpha value is -4.97. The van der Waals surface area contributed by atoms with E-state index in [1.807, 2.05) is 24.3 Å². The molecule has 0 saturated heterocycles. The third-order valence-electron chi connectivity index (χ3n) is 8.76. The highest BCUT2D eigenvalue weighted by atomic mass is 32.2. The molecule has 3 aromatic carbocycles. The van der Waals surface area contributed by atoms with Gasteiger partial charge >= 0.3 is 11.9 Å². The molecule has 5 rings (SSSR count). The molecule has 0 aliphatic carbocycles. The average molecular weight is 690 g/mol. The first-order valence-electron chi connectivity index (χ1n) is 16.0. The van der Waals surface area contributed by atoms with Crippen LogP contribution in [0.1, 0.15) is 67.8 Å². The number of halogens is 1. The van der Waals surface area contributed by atoms with Crippen molar-refractivity contribution in [3.8, 4) is 11.5 Å². The number of sulfone groups is 1. The van der Waals surface area contributed by atoms with Crippen LogP contribution in [-0.4, -0.2) is 52.8 Å². The molecule has 2 heterocycles. The monoisotopic (exact) mass is 689 g/mol. The average Bonchev–Trinajstić information content (AvgIpc) is 3.50. The Morgan fingerprint density at radius 2 is 1.88 bits per heavy atom. The molecule has 0 radical (unpaired) electrons. The highest BCUT2D eigenvalue weighted by Crippen LogP contribution is 2.38. The van der Waals surface area contributed by atoms with Gasteiger partial charge < -0.3 is 25.7 Å². The molecular weight excluding hydrogens is 649 g/mol. The van der Waals surface area contributed by atoms with Crippen molar-refractivity contribution in [2.45, 2.75) is 63.7 Å². The van der Waals surface area contributed by atoms with E-state index in [4.69, 9.17) is 20.6 Å². The lowest BCUT2D eigenvalue weighted by Crippen LogP contribution is -2.38. The van der Waals surface area contributed by atoms with Crippen molar-refractivity contribution in [1.29, 1.82) is 0 Å². The van der Waals surface area contributed by atoms with E-state index in [2.05, 4.69) is 4.98 Å². The van der Waals surface area contributed by atoms with Crippen LogP contribution in [0, 0.1) is 11.2 Å². The Morgan fingerprint density at radius 1 is 1.10 bits per heavy atom. The van der Waals surface area contributed by atoms with Crippen LogP contribution in [0.3, 0.4) is 0 Å². The van der Waals surface area contributed by atoms with Crippen LogP contribution in [0.4, 0.5) is 4.39 Å². The van der Waals surface area contributed by atoms with E-state index < -0.39 is 50.4 Å². The number of H-pyrrole nitrogens is 1. The number of allylic oxidation sites excluding steroid dienone is 1. The van der Waals surface area contributed by atoms with Gasteiger partial charge in [-0.2, -0.15) is 0 Å². The van der Waals surface area contributed by atoms with Crippen LogP contribution in [0.25, 0.3) is 16.6 Å². The van der Waals surface area contributed by atoms with E-state index in [0.717, 1.165) is 11.1 Å². The molecule has 2 bridgehead atoms. The Labute approximate surface area is 284 Å². The fourth-order valence-electron chi connectivity index (χ4n) is 6.30. The summed E-state index contributed by atoms with van der Waals surface area (Å²) >= 11 is 0. The number of benzene rings is 3. The van der Waals surface area contributed by atoms with Crippen molar-refractivity contribution in [2.24, 2.45) is 16.1 Å². The highest BCUT2D eigenvalue weighted by Gasteiger charge is 2.38. The van der Waals surface area contributed by atoms with Gasteiger partial charge in [-0.1, -0.05) is 56.7 Å². The lowest BCUT2D eigenvalue weighted by Gasteiger charge is -2.27. The fraction of sp³-hybridized carbons (Fsp3) is 0.324. The minimum Gasteiger partial charge on any atom is -0.481 e. The molecule has 1 aromatic heterocycles. The van der Waals surface area contributed by atoms with Crippen molar-refractivity contribution < 1.29 is 37.3 Å². The standard InChI is InChI=1S/C37H40FN3O7S/c1-37(2)15-5-10-31(25-8-3-6-23(18-25)11-12-34(42)43)40-17-14-30(39)24-7-4-9-26(19-24)48-35-28(20-33(36(44)45)49(46,47)22-37)27-13-16-41-32(27)21-29(35)38/h3-4,6-9,13-14,16-19,21,31,33,41H,5,10-12,15,20,22,39H2,1-2H3,(H,42,43)(H,44,45). The number of carbonyl (C=O) groups is 2. The zero-order valence-electron chi connectivity index (χ0n) is 27.4. The number of rotatable bonds is 5. The second-order valence-electron chi connectivity index (χ2n) is 13.2. The van der Waals surface area contributed by atoms with Crippen molar-refractivity contribution in [3.63, 3.8) is 0 Å². The minimum atomic E-state index is -4.26. The Morgan fingerprint density at radius 3 is 2.63 bits per heavy atom. The molecule has 49 heavy (non-hydrogen) atoms. The number of aliphatic carboxylic acids is 2. The number of hydrogen-bond donors (Lipinski definition) is 4. The SMILES string of the molecule is CC1(C)CCCC(c2cccc(CCC(=O)O)c2)N=CC=C(N)c2cccc(c2)Oc2c(F)cc3[nH]ccc3c2CC(C(=O)O)S(=O)(=O)C1. The van der Waals surface area contributed by atoms with E-state index in [9.17, 15) is 23.1 Å². The van der Waals surface area contributed by atoms with Gasteiger partial charge in [0.2, 0.25) is 0 Å². The van der Waals surface area contributed by atoms with Crippen molar-refractivity contribution >= 4 is 44.6 Å².